The van der Waals surface area contributed by atoms with Crippen LogP contribution in [-0.4, -0.2) is 48.2 Å². The lowest BCUT2D eigenvalue weighted by Crippen LogP contribution is -2.38. The summed E-state index contributed by atoms with van der Waals surface area (Å²) in [6, 6.07) is 10.5. The zero-order valence-electron chi connectivity index (χ0n) is 18.0. The van der Waals surface area contributed by atoms with Crippen LogP contribution in [0.1, 0.15) is 58.3 Å². The van der Waals surface area contributed by atoms with Crippen LogP contribution < -0.4 is 5.32 Å². The average Bonchev–Trinajstić information content (AvgIpc) is 3.09. The van der Waals surface area contributed by atoms with Crippen molar-refractivity contribution in [2.75, 3.05) is 38.2 Å². The quantitative estimate of drug-likeness (QED) is 0.508. The summed E-state index contributed by atoms with van der Waals surface area (Å²) < 4.78 is 7.71. The van der Waals surface area contributed by atoms with Gasteiger partial charge in [-0.15, -0.1) is 0 Å². The van der Waals surface area contributed by atoms with Crippen molar-refractivity contribution < 1.29 is 9.53 Å². The van der Waals surface area contributed by atoms with Crippen LogP contribution in [0.25, 0.3) is 10.9 Å². The van der Waals surface area contributed by atoms with Gasteiger partial charge in [-0.3, -0.25) is 9.69 Å². The molecule has 0 aliphatic carbocycles. The Balaban J connectivity index is 1.53. The highest BCUT2D eigenvalue weighted by Gasteiger charge is 2.14. The second-order valence-corrected chi connectivity index (χ2v) is 8.11. The number of anilines is 1. The summed E-state index contributed by atoms with van der Waals surface area (Å²) in [5, 5.41) is 4.36. The molecule has 0 radical (unpaired) electrons. The molecule has 0 atom stereocenters. The van der Waals surface area contributed by atoms with Crippen molar-refractivity contribution in [3.8, 4) is 0 Å². The first-order valence-corrected chi connectivity index (χ1v) is 11.5. The van der Waals surface area contributed by atoms with Crippen LogP contribution in [0.4, 0.5) is 5.82 Å². The largest absolute Gasteiger partial charge is 0.379 e. The Morgan fingerprint density at radius 2 is 1.72 bits per heavy atom. The Kier molecular flexibility index (Phi) is 9.03. The Hall–Kier alpha value is -1.85. The second kappa shape index (κ2) is 12.0. The van der Waals surface area contributed by atoms with E-state index in [4.69, 9.17) is 4.74 Å². The van der Waals surface area contributed by atoms with Gasteiger partial charge in [-0.1, -0.05) is 63.6 Å². The molecule has 2 aromatic rings. The van der Waals surface area contributed by atoms with Gasteiger partial charge in [-0.25, -0.2) is 0 Å². The zero-order chi connectivity index (χ0) is 20.3. The molecule has 0 bridgehead atoms. The summed E-state index contributed by atoms with van der Waals surface area (Å²) >= 11 is 0. The van der Waals surface area contributed by atoms with Gasteiger partial charge in [0.15, 0.2) is 0 Å². The number of rotatable bonds is 12. The molecule has 1 aliphatic heterocycles. The second-order valence-electron chi connectivity index (χ2n) is 8.11. The average molecular weight is 400 g/mol. The molecule has 1 amide bonds. The van der Waals surface area contributed by atoms with Crippen molar-refractivity contribution in [2.45, 2.75) is 64.8 Å². The number of unbranched alkanes of at least 4 members (excludes halogenated alkanes) is 6. The van der Waals surface area contributed by atoms with Crippen LogP contribution in [0.5, 0.6) is 0 Å². The van der Waals surface area contributed by atoms with E-state index in [2.05, 4.69) is 52.0 Å². The topological polar surface area (TPSA) is 46.5 Å². The van der Waals surface area contributed by atoms with Crippen LogP contribution in [0.3, 0.4) is 0 Å². The summed E-state index contributed by atoms with van der Waals surface area (Å²) in [6.45, 7) is 7.69. The standard InChI is InChI=1S/C24H37N3O2/c1-2-3-4-5-6-7-8-13-24(28)25-23-20-21-11-9-10-12-22(21)27(23)15-14-26-16-18-29-19-17-26/h9-12,20H,2-8,13-19H2,1H3,(H,25,28). The Bertz CT molecular complexity index is 750. The molecule has 1 N–H and O–H groups in total. The molecule has 3 rings (SSSR count). The summed E-state index contributed by atoms with van der Waals surface area (Å²) in [5.74, 6) is 1.06. The van der Waals surface area contributed by atoms with Crippen LogP contribution in [0.15, 0.2) is 30.3 Å². The lowest BCUT2D eigenvalue weighted by atomic mass is 10.1. The third-order valence-electron chi connectivity index (χ3n) is 5.83. The molecular formula is C24H37N3O2. The van der Waals surface area contributed by atoms with Gasteiger partial charge in [0.1, 0.15) is 5.82 Å². The van der Waals surface area contributed by atoms with E-state index in [1.54, 1.807) is 0 Å². The highest BCUT2D eigenvalue weighted by Crippen LogP contribution is 2.24. The first-order valence-electron chi connectivity index (χ1n) is 11.5. The number of morpholine rings is 1. The predicted molar refractivity (Wildman–Crippen MR) is 120 cm³/mol. The van der Waals surface area contributed by atoms with Crippen molar-refractivity contribution >= 4 is 22.6 Å². The third-order valence-corrected chi connectivity index (χ3v) is 5.83. The van der Waals surface area contributed by atoms with Crippen molar-refractivity contribution in [3.63, 3.8) is 0 Å². The summed E-state index contributed by atoms with van der Waals surface area (Å²) in [6.07, 6.45) is 9.21. The number of ether oxygens (including phenoxy) is 1. The van der Waals surface area contributed by atoms with E-state index >= 15 is 0 Å². The molecule has 1 fully saturated rings. The molecular weight excluding hydrogens is 362 g/mol. The fourth-order valence-corrected chi connectivity index (χ4v) is 4.07. The smallest absolute Gasteiger partial charge is 0.225 e. The minimum atomic E-state index is 0.133. The molecule has 5 heteroatoms. The number of aromatic nitrogens is 1. The minimum Gasteiger partial charge on any atom is -0.379 e. The van der Waals surface area contributed by atoms with Gasteiger partial charge in [0.25, 0.3) is 0 Å². The van der Waals surface area contributed by atoms with E-state index in [0.717, 1.165) is 58.1 Å². The molecule has 0 spiro atoms. The van der Waals surface area contributed by atoms with E-state index in [1.807, 2.05) is 0 Å². The van der Waals surface area contributed by atoms with E-state index < -0.39 is 0 Å². The zero-order valence-corrected chi connectivity index (χ0v) is 18.0. The molecule has 1 aromatic carbocycles. The van der Waals surface area contributed by atoms with Crippen LogP contribution in [0.2, 0.25) is 0 Å². The van der Waals surface area contributed by atoms with Gasteiger partial charge in [-0.05, 0) is 18.6 Å². The fraction of sp³-hybridized carbons (Fsp3) is 0.625. The molecule has 0 unspecified atom stereocenters. The lowest BCUT2D eigenvalue weighted by Gasteiger charge is -2.27. The summed E-state index contributed by atoms with van der Waals surface area (Å²) in [5.41, 5.74) is 1.19. The molecule has 0 saturated carbocycles. The van der Waals surface area contributed by atoms with E-state index in [1.165, 1.54) is 43.0 Å². The normalized spacial score (nSPS) is 15.1. The first kappa shape index (κ1) is 21.8. The number of hydrogen-bond acceptors (Lipinski definition) is 3. The van der Waals surface area contributed by atoms with Gasteiger partial charge in [-0.2, -0.15) is 0 Å². The molecule has 160 valence electrons. The molecule has 1 aliphatic rings. The molecule has 1 saturated heterocycles. The van der Waals surface area contributed by atoms with Crippen molar-refractivity contribution in [2.24, 2.45) is 0 Å². The number of carbonyl (C=O) groups excluding carboxylic acids is 1. The molecule has 1 aromatic heterocycles. The Labute approximate surface area is 175 Å². The number of carbonyl (C=O) groups is 1. The van der Waals surface area contributed by atoms with Gasteiger partial charge < -0.3 is 14.6 Å². The van der Waals surface area contributed by atoms with E-state index in [9.17, 15) is 4.79 Å². The van der Waals surface area contributed by atoms with Crippen molar-refractivity contribution in [1.82, 2.24) is 9.47 Å². The number of nitrogens with zero attached hydrogens (tertiary/aromatic N) is 2. The van der Waals surface area contributed by atoms with E-state index in [0.29, 0.717) is 6.42 Å². The molecule has 2 heterocycles. The van der Waals surface area contributed by atoms with E-state index in [-0.39, 0.29) is 5.91 Å². The molecule has 29 heavy (non-hydrogen) atoms. The third kappa shape index (κ3) is 6.86. The minimum absolute atomic E-state index is 0.133. The molecule has 5 nitrogen and oxygen atoms in total. The highest BCUT2D eigenvalue weighted by atomic mass is 16.5. The van der Waals surface area contributed by atoms with Crippen LogP contribution in [0, 0.1) is 0 Å². The fourth-order valence-electron chi connectivity index (χ4n) is 4.07. The summed E-state index contributed by atoms with van der Waals surface area (Å²) in [4.78, 5) is 15.0. The number of fused-ring (bicyclic) bond motifs is 1. The highest BCUT2D eigenvalue weighted by molar-refractivity contribution is 5.94. The van der Waals surface area contributed by atoms with Gasteiger partial charge in [0.05, 0.1) is 13.2 Å². The maximum Gasteiger partial charge on any atom is 0.225 e. The lowest BCUT2D eigenvalue weighted by molar-refractivity contribution is -0.116. The predicted octanol–water partition coefficient (Wildman–Crippen LogP) is 5.05. The number of amides is 1. The van der Waals surface area contributed by atoms with Crippen molar-refractivity contribution in [3.05, 3.63) is 30.3 Å². The monoisotopic (exact) mass is 399 g/mol. The summed E-state index contributed by atoms with van der Waals surface area (Å²) in [7, 11) is 0. The van der Waals surface area contributed by atoms with Gasteiger partial charge in [0.2, 0.25) is 5.91 Å². The number of hydrogen-bond donors (Lipinski definition) is 1. The maximum absolute atomic E-state index is 12.5. The van der Waals surface area contributed by atoms with Crippen molar-refractivity contribution in [1.29, 1.82) is 0 Å². The number of nitrogens with one attached hydrogen (secondary N) is 1. The Morgan fingerprint density at radius 1 is 1.00 bits per heavy atom. The number of para-hydroxylation sites is 1. The van der Waals surface area contributed by atoms with Gasteiger partial charge in [0, 0.05) is 43.5 Å². The maximum atomic E-state index is 12.5. The SMILES string of the molecule is CCCCCCCCCC(=O)Nc1cc2ccccc2n1CCN1CCOCC1. The first-order chi connectivity index (χ1) is 14.3. The van der Waals surface area contributed by atoms with Gasteiger partial charge >= 0.3 is 0 Å². The Morgan fingerprint density at radius 3 is 2.52 bits per heavy atom. The number of benzene rings is 1. The van der Waals surface area contributed by atoms with Crippen LogP contribution in [-0.2, 0) is 16.1 Å². The van der Waals surface area contributed by atoms with Crippen LogP contribution >= 0.6 is 0 Å².